The Morgan fingerprint density at radius 3 is 1.85 bits per heavy atom. The molecule has 0 bridgehead atoms. The van der Waals surface area contributed by atoms with Crippen molar-refractivity contribution in [3.8, 4) is 11.5 Å². The highest BCUT2D eigenvalue weighted by molar-refractivity contribution is 5.98. The molecule has 1 fully saturated rings. The highest BCUT2D eigenvalue weighted by Gasteiger charge is 2.32. The van der Waals surface area contributed by atoms with E-state index in [-0.39, 0.29) is 23.6 Å². The maximum Gasteiger partial charge on any atom is 0.253 e. The van der Waals surface area contributed by atoms with E-state index in [2.05, 4.69) is 5.32 Å². The Balaban J connectivity index is 1.64. The summed E-state index contributed by atoms with van der Waals surface area (Å²) in [6, 6.07) is 11.7. The third-order valence-corrected chi connectivity index (χ3v) is 6.01. The minimum atomic E-state index is -0.691. The van der Waals surface area contributed by atoms with Crippen molar-refractivity contribution in [3.63, 3.8) is 0 Å². The van der Waals surface area contributed by atoms with Crippen LogP contribution in [0, 0.1) is 12.8 Å². The molecule has 3 amide bonds. The Morgan fingerprint density at radius 1 is 0.824 bits per heavy atom. The van der Waals surface area contributed by atoms with Gasteiger partial charge in [-0.1, -0.05) is 31.5 Å². The van der Waals surface area contributed by atoms with Crippen LogP contribution in [-0.4, -0.2) is 74.0 Å². The minimum Gasteiger partial charge on any atom is -0.497 e. The van der Waals surface area contributed by atoms with Crippen molar-refractivity contribution in [2.24, 2.45) is 5.92 Å². The van der Waals surface area contributed by atoms with Crippen molar-refractivity contribution in [1.29, 1.82) is 0 Å². The first-order chi connectivity index (χ1) is 16.2. The number of carbonyl (C=O) groups is 3. The molecule has 34 heavy (non-hydrogen) atoms. The molecular weight excluding hydrogens is 434 g/mol. The van der Waals surface area contributed by atoms with Crippen molar-refractivity contribution < 1.29 is 23.9 Å². The van der Waals surface area contributed by atoms with Gasteiger partial charge in [-0.3, -0.25) is 14.4 Å². The summed E-state index contributed by atoms with van der Waals surface area (Å²) < 4.78 is 10.5. The predicted molar refractivity (Wildman–Crippen MR) is 129 cm³/mol. The second-order valence-electron chi connectivity index (χ2n) is 8.78. The zero-order chi connectivity index (χ0) is 24.8. The first-order valence-electron chi connectivity index (χ1n) is 11.4. The lowest BCUT2D eigenvalue weighted by Crippen LogP contribution is -2.57. The van der Waals surface area contributed by atoms with E-state index in [1.165, 1.54) is 14.2 Å². The smallest absolute Gasteiger partial charge is 0.253 e. The molecule has 8 nitrogen and oxygen atoms in total. The number of nitrogens with zero attached hydrogens (tertiary/aromatic N) is 2. The van der Waals surface area contributed by atoms with Gasteiger partial charge in [0.2, 0.25) is 5.91 Å². The summed E-state index contributed by atoms with van der Waals surface area (Å²) in [5.74, 6) is 0.305. The van der Waals surface area contributed by atoms with Crippen molar-refractivity contribution in [2.75, 3.05) is 40.4 Å². The number of methoxy groups -OCH3 is 2. The minimum absolute atomic E-state index is 0.0345. The molecule has 1 N–H and O–H groups in total. The number of piperazine rings is 1. The summed E-state index contributed by atoms with van der Waals surface area (Å²) in [6.45, 7) is 7.51. The van der Waals surface area contributed by atoms with Crippen LogP contribution >= 0.6 is 0 Å². The van der Waals surface area contributed by atoms with Gasteiger partial charge in [0.15, 0.2) is 0 Å². The Hall–Kier alpha value is -3.55. The van der Waals surface area contributed by atoms with Gasteiger partial charge in [0, 0.05) is 43.4 Å². The molecule has 2 aromatic carbocycles. The number of rotatable bonds is 7. The molecule has 2 aromatic rings. The Morgan fingerprint density at radius 2 is 1.35 bits per heavy atom. The van der Waals surface area contributed by atoms with Gasteiger partial charge >= 0.3 is 0 Å². The molecule has 1 aliphatic heterocycles. The summed E-state index contributed by atoms with van der Waals surface area (Å²) in [5.41, 5.74) is 2.09. The average molecular weight is 468 g/mol. The van der Waals surface area contributed by atoms with Gasteiger partial charge in [0.1, 0.15) is 17.5 Å². The standard InChI is InChI=1S/C26H33N3O5/c1-17(2)23(27-24(30)20-14-21(33-4)16-22(15-20)34-5)26(32)29-12-10-28(11-13-29)25(31)19-8-6-18(3)7-9-19/h6-9,14-17,23H,10-13H2,1-5H3,(H,27,30). The molecule has 0 aromatic heterocycles. The molecule has 0 aliphatic carbocycles. The number of carbonyl (C=O) groups excluding carboxylic acids is 3. The van der Waals surface area contributed by atoms with E-state index in [0.29, 0.717) is 48.8 Å². The van der Waals surface area contributed by atoms with Gasteiger partial charge in [0.25, 0.3) is 11.8 Å². The van der Waals surface area contributed by atoms with Crippen molar-refractivity contribution in [2.45, 2.75) is 26.8 Å². The fourth-order valence-electron chi connectivity index (χ4n) is 3.88. The third kappa shape index (κ3) is 5.87. The van der Waals surface area contributed by atoms with Crippen LogP contribution in [0.3, 0.4) is 0 Å². The number of ether oxygens (including phenoxy) is 2. The molecule has 1 atom stereocenters. The summed E-state index contributed by atoms with van der Waals surface area (Å²) in [5, 5.41) is 2.88. The van der Waals surface area contributed by atoms with Crippen LogP contribution in [0.4, 0.5) is 0 Å². The van der Waals surface area contributed by atoms with E-state index in [0.717, 1.165) is 5.56 Å². The largest absolute Gasteiger partial charge is 0.497 e. The maximum atomic E-state index is 13.3. The molecule has 3 rings (SSSR count). The number of amides is 3. The summed E-state index contributed by atoms with van der Waals surface area (Å²) in [4.78, 5) is 42.5. The zero-order valence-electron chi connectivity index (χ0n) is 20.5. The lowest BCUT2D eigenvalue weighted by molar-refractivity contribution is -0.135. The Labute approximate surface area is 200 Å². The molecule has 1 unspecified atom stereocenters. The molecule has 0 spiro atoms. The van der Waals surface area contributed by atoms with Crippen LogP contribution in [0.25, 0.3) is 0 Å². The fourth-order valence-corrected chi connectivity index (χ4v) is 3.88. The predicted octanol–water partition coefficient (Wildman–Crippen LogP) is 2.75. The van der Waals surface area contributed by atoms with Gasteiger partial charge in [-0.2, -0.15) is 0 Å². The number of aryl methyl sites for hydroxylation is 1. The topological polar surface area (TPSA) is 88.2 Å². The normalized spacial score (nSPS) is 14.5. The number of hydrogen-bond donors (Lipinski definition) is 1. The van der Waals surface area contributed by atoms with Crippen LogP contribution in [0.2, 0.25) is 0 Å². The zero-order valence-corrected chi connectivity index (χ0v) is 20.5. The van der Waals surface area contributed by atoms with Crippen LogP contribution in [-0.2, 0) is 4.79 Å². The van der Waals surface area contributed by atoms with Crippen LogP contribution in [0.5, 0.6) is 11.5 Å². The number of nitrogens with one attached hydrogen (secondary N) is 1. The first kappa shape index (κ1) is 25.1. The molecule has 182 valence electrons. The second-order valence-corrected chi connectivity index (χ2v) is 8.78. The summed E-state index contributed by atoms with van der Waals surface area (Å²) in [7, 11) is 3.03. The Bertz CT molecular complexity index is 1000. The van der Waals surface area contributed by atoms with Crippen molar-refractivity contribution >= 4 is 17.7 Å². The van der Waals surface area contributed by atoms with E-state index >= 15 is 0 Å². The molecule has 0 radical (unpaired) electrons. The third-order valence-electron chi connectivity index (χ3n) is 6.01. The lowest BCUT2D eigenvalue weighted by Gasteiger charge is -2.37. The maximum absolute atomic E-state index is 13.3. The van der Waals surface area contributed by atoms with Crippen molar-refractivity contribution in [3.05, 3.63) is 59.2 Å². The Kier molecular flexibility index (Phi) is 8.15. The molecule has 0 saturated carbocycles. The fraction of sp³-hybridized carbons (Fsp3) is 0.423. The van der Waals surface area contributed by atoms with Gasteiger partial charge < -0.3 is 24.6 Å². The number of hydrogen-bond acceptors (Lipinski definition) is 5. The van der Waals surface area contributed by atoms with Gasteiger partial charge in [-0.05, 0) is 37.1 Å². The van der Waals surface area contributed by atoms with E-state index in [4.69, 9.17) is 9.47 Å². The van der Waals surface area contributed by atoms with Crippen LogP contribution < -0.4 is 14.8 Å². The first-order valence-corrected chi connectivity index (χ1v) is 11.4. The molecule has 1 saturated heterocycles. The van der Waals surface area contributed by atoms with Crippen molar-refractivity contribution in [1.82, 2.24) is 15.1 Å². The van der Waals surface area contributed by atoms with Crippen LogP contribution in [0.1, 0.15) is 40.1 Å². The van der Waals surface area contributed by atoms with E-state index < -0.39 is 6.04 Å². The molecule has 8 heteroatoms. The number of benzene rings is 2. The van der Waals surface area contributed by atoms with Crippen LogP contribution in [0.15, 0.2) is 42.5 Å². The molecule has 1 heterocycles. The average Bonchev–Trinajstić information content (AvgIpc) is 2.86. The summed E-state index contributed by atoms with van der Waals surface area (Å²) >= 11 is 0. The van der Waals surface area contributed by atoms with E-state index in [1.807, 2.05) is 45.0 Å². The molecular formula is C26H33N3O5. The van der Waals surface area contributed by atoms with Gasteiger partial charge in [0.05, 0.1) is 14.2 Å². The quantitative estimate of drug-likeness (QED) is 0.677. The SMILES string of the molecule is COc1cc(OC)cc(C(=O)NC(C(=O)N2CCN(C(=O)c3ccc(C)cc3)CC2)C(C)C)c1. The summed E-state index contributed by atoms with van der Waals surface area (Å²) in [6.07, 6.45) is 0. The van der Waals surface area contributed by atoms with Gasteiger partial charge in [-0.25, -0.2) is 0 Å². The van der Waals surface area contributed by atoms with Gasteiger partial charge in [-0.15, -0.1) is 0 Å². The molecule has 1 aliphatic rings. The van der Waals surface area contributed by atoms with E-state index in [1.54, 1.807) is 28.0 Å². The second kappa shape index (κ2) is 11.0. The highest BCUT2D eigenvalue weighted by atomic mass is 16.5. The van der Waals surface area contributed by atoms with E-state index in [9.17, 15) is 14.4 Å². The highest BCUT2D eigenvalue weighted by Crippen LogP contribution is 2.23. The monoisotopic (exact) mass is 467 g/mol. The lowest BCUT2D eigenvalue weighted by atomic mass is 10.0.